The van der Waals surface area contributed by atoms with Gasteiger partial charge in [-0.15, -0.1) is 0 Å². The normalized spacial score (nSPS) is 23.1. The summed E-state index contributed by atoms with van der Waals surface area (Å²) in [6.45, 7) is 2.06. The highest BCUT2D eigenvalue weighted by Crippen LogP contribution is 2.59. The molecule has 1 aromatic carbocycles. The van der Waals surface area contributed by atoms with Gasteiger partial charge in [-0.05, 0) is 62.0 Å². The van der Waals surface area contributed by atoms with Crippen molar-refractivity contribution in [1.29, 1.82) is 5.26 Å². The van der Waals surface area contributed by atoms with Crippen LogP contribution in [0.4, 0.5) is 5.69 Å². The molecule has 2 fully saturated rings. The highest BCUT2D eigenvalue weighted by atomic mass is 16.2. The maximum Gasteiger partial charge on any atom is 0.230 e. The van der Waals surface area contributed by atoms with E-state index in [0.717, 1.165) is 38.0 Å². The quantitative estimate of drug-likeness (QED) is 0.892. The standard InChI is InChI=1S/C16H19N3O/c1-19(13-4-2-12(11-17)3-5-13)15(20)14-10-16(14)6-8-18-9-7-16/h2-5,14,18H,6-10H2,1H3. The van der Waals surface area contributed by atoms with Gasteiger partial charge in [0.2, 0.25) is 5.91 Å². The minimum atomic E-state index is 0.185. The lowest BCUT2D eigenvalue weighted by Crippen LogP contribution is -2.34. The molecule has 0 bridgehead atoms. The van der Waals surface area contributed by atoms with Crippen LogP contribution in [0.3, 0.4) is 0 Å². The van der Waals surface area contributed by atoms with E-state index in [1.54, 1.807) is 17.0 Å². The fourth-order valence-corrected chi connectivity index (χ4v) is 3.29. The third kappa shape index (κ3) is 2.19. The van der Waals surface area contributed by atoms with Gasteiger partial charge >= 0.3 is 0 Å². The fraction of sp³-hybridized carbons (Fsp3) is 0.500. The molecule has 3 rings (SSSR count). The summed E-state index contributed by atoms with van der Waals surface area (Å²) in [6, 6.07) is 9.29. The van der Waals surface area contributed by atoms with Crippen LogP contribution < -0.4 is 10.2 Å². The lowest BCUT2D eigenvalue weighted by Gasteiger charge is -2.25. The molecule has 1 aliphatic carbocycles. The van der Waals surface area contributed by atoms with Gasteiger partial charge in [-0.25, -0.2) is 0 Å². The Bertz CT molecular complexity index is 552. The molecular weight excluding hydrogens is 250 g/mol. The van der Waals surface area contributed by atoms with E-state index in [1.807, 2.05) is 19.2 Å². The van der Waals surface area contributed by atoms with Crippen molar-refractivity contribution in [2.75, 3.05) is 25.0 Å². The molecule has 4 heteroatoms. The number of carbonyl (C=O) groups is 1. The number of nitrogens with zero attached hydrogens (tertiary/aromatic N) is 2. The zero-order valence-electron chi connectivity index (χ0n) is 11.7. The SMILES string of the molecule is CN(C(=O)C1CC12CCNCC2)c1ccc(C#N)cc1. The van der Waals surface area contributed by atoms with Crippen molar-refractivity contribution in [2.24, 2.45) is 11.3 Å². The molecule has 1 aliphatic heterocycles. The number of anilines is 1. The summed E-state index contributed by atoms with van der Waals surface area (Å²) in [6.07, 6.45) is 3.27. The van der Waals surface area contributed by atoms with E-state index in [9.17, 15) is 4.79 Å². The molecule has 2 aliphatic rings. The fourth-order valence-electron chi connectivity index (χ4n) is 3.29. The van der Waals surface area contributed by atoms with Gasteiger partial charge in [-0.1, -0.05) is 0 Å². The molecule has 1 saturated carbocycles. The third-order valence-corrected chi connectivity index (χ3v) is 4.80. The van der Waals surface area contributed by atoms with Crippen LogP contribution in [0.5, 0.6) is 0 Å². The van der Waals surface area contributed by atoms with Crippen molar-refractivity contribution in [3.8, 4) is 6.07 Å². The number of nitriles is 1. The molecule has 4 nitrogen and oxygen atoms in total. The Labute approximate surface area is 119 Å². The molecule has 1 aromatic rings. The van der Waals surface area contributed by atoms with Crippen LogP contribution in [0, 0.1) is 22.7 Å². The molecule has 1 atom stereocenters. The summed E-state index contributed by atoms with van der Waals surface area (Å²) in [5.74, 6) is 0.404. The molecule has 1 N–H and O–H groups in total. The zero-order chi connectivity index (χ0) is 14.2. The number of rotatable bonds is 2. The summed E-state index contributed by atoms with van der Waals surface area (Å²) in [4.78, 5) is 14.3. The Balaban J connectivity index is 1.69. The minimum absolute atomic E-state index is 0.185. The summed E-state index contributed by atoms with van der Waals surface area (Å²) in [5, 5.41) is 12.2. The molecule has 20 heavy (non-hydrogen) atoms. The Kier molecular flexibility index (Phi) is 3.23. The highest BCUT2D eigenvalue weighted by molar-refractivity contribution is 5.97. The summed E-state index contributed by atoms with van der Waals surface area (Å²) in [5.41, 5.74) is 1.75. The van der Waals surface area contributed by atoms with Crippen LogP contribution >= 0.6 is 0 Å². The maximum atomic E-state index is 12.6. The topological polar surface area (TPSA) is 56.1 Å². The molecule has 0 radical (unpaired) electrons. The van der Waals surface area contributed by atoms with Crippen LogP contribution in [0.1, 0.15) is 24.8 Å². The van der Waals surface area contributed by atoms with Crippen molar-refractivity contribution < 1.29 is 4.79 Å². The van der Waals surface area contributed by atoms with Gasteiger partial charge < -0.3 is 10.2 Å². The lowest BCUT2D eigenvalue weighted by atomic mass is 9.91. The molecule has 104 valence electrons. The van der Waals surface area contributed by atoms with E-state index in [-0.39, 0.29) is 17.2 Å². The van der Waals surface area contributed by atoms with Crippen molar-refractivity contribution in [1.82, 2.24) is 5.32 Å². The van der Waals surface area contributed by atoms with Crippen LogP contribution in [0.15, 0.2) is 24.3 Å². The Morgan fingerprint density at radius 2 is 2.00 bits per heavy atom. The average molecular weight is 269 g/mol. The van der Waals surface area contributed by atoms with Crippen LogP contribution in [-0.4, -0.2) is 26.0 Å². The molecular formula is C16H19N3O. The van der Waals surface area contributed by atoms with E-state index in [2.05, 4.69) is 11.4 Å². The van der Waals surface area contributed by atoms with E-state index in [1.165, 1.54) is 0 Å². The first-order valence-corrected chi connectivity index (χ1v) is 7.15. The smallest absolute Gasteiger partial charge is 0.230 e. The maximum absolute atomic E-state index is 12.6. The predicted octanol–water partition coefficient (Wildman–Crippen LogP) is 1.91. The number of hydrogen-bond donors (Lipinski definition) is 1. The summed E-state index contributed by atoms with van der Waals surface area (Å²) in [7, 11) is 1.83. The van der Waals surface area contributed by atoms with Gasteiger partial charge in [0, 0.05) is 18.7 Å². The summed E-state index contributed by atoms with van der Waals surface area (Å²) >= 11 is 0. The molecule has 1 spiro atoms. The van der Waals surface area contributed by atoms with E-state index < -0.39 is 0 Å². The monoisotopic (exact) mass is 269 g/mol. The second-order valence-electron chi connectivity index (χ2n) is 5.93. The van der Waals surface area contributed by atoms with Gasteiger partial charge in [-0.3, -0.25) is 4.79 Å². The van der Waals surface area contributed by atoms with Gasteiger partial charge in [-0.2, -0.15) is 5.26 Å². The number of carbonyl (C=O) groups excluding carboxylic acids is 1. The number of amides is 1. The van der Waals surface area contributed by atoms with Gasteiger partial charge in [0.05, 0.1) is 11.6 Å². The molecule has 1 unspecified atom stereocenters. The zero-order valence-corrected chi connectivity index (χ0v) is 11.7. The Morgan fingerprint density at radius 1 is 1.35 bits per heavy atom. The average Bonchev–Trinajstić information content (AvgIpc) is 3.19. The first-order chi connectivity index (χ1) is 9.66. The Morgan fingerprint density at radius 3 is 2.60 bits per heavy atom. The number of nitrogens with one attached hydrogen (secondary N) is 1. The van der Waals surface area contributed by atoms with Crippen molar-refractivity contribution >= 4 is 11.6 Å². The van der Waals surface area contributed by atoms with Crippen LogP contribution in [0.2, 0.25) is 0 Å². The second kappa shape index (κ2) is 4.92. The van der Waals surface area contributed by atoms with E-state index in [0.29, 0.717) is 5.56 Å². The Hall–Kier alpha value is -1.86. The molecule has 1 heterocycles. The first-order valence-electron chi connectivity index (χ1n) is 7.15. The largest absolute Gasteiger partial charge is 0.317 e. The predicted molar refractivity (Wildman–Crippen MR) is 77.2 cm³/mol. The van der Waals surface area contributed by atoms with Crippen LogP contribution in [0.25, 0.3) is 0 Å². The summed E-state index contributed by atoms with van der Waals surface area (Å²) < 4.78 is 0. The minimum Gasteiger partial charge on any atom is -0.317 e. The van der Waals surface area contributed by atoms with Crippen molar-refractivity contribution in [2.45, 2.75) is 19.3 Å². The van der Waals surface area contributed by atoms with Gasteiger partial charge in [0.1, 0.15) is 0 Å². The second-order valence-corrected chi connectivity index (χ2v) is 5.93. The number of benzene rings is 1. The number of piperidine rings is 1. The van der Waals surface area contributed by atoms with Crippen molar-refractivity contribution in [3.63, 3.8) is 0 Å². The third-order valence-electron chi connectivity index (χ3n) is 4.80. The van der Waals surface area contributed by atoms with Crippen LogP contribution in [-0.2, 0) is 4.79 Å². The first kappa shape index (κ1) is 13.1. The number of hydrogen-bond acceptors (Lipinski definition) is 3. The highest BCUT2D eigenvalue weighted by Gasteiger charge is 2.58. The van der Waals surface area contributed by atoms with Gasteiger partial charge in [0.15, 0.2) is 0 Å². The lowest BCUT2D eigenvalue weighted by molar-refractivity contribution is -0.120. The van der Waals surface area contributed by atoms with Gasteiger partial charge in [0.25, 0.3) is 0 Å². The van der Waals surface area contributed by atoms with E-state index >= 15 is 0 Å². The van der Waals surface area contributed by atoms with Crippen molar-refractivity contribution in [3.05, 3.63) is 29.8 Å². The molecule has 0 aromatic heterocycles. The molecule has 1 saturated heterocycles. The van der Waals surface area contributed by atoms with E-state index in [4.69, 9.17) is 5.26 Å². The molecule has 1 amide bonds.